The van der Waals surface area contributed by atoms with Crippen molar-refractivity contribution in [3.63, 3.8) is 0 Å². The SMILES string of the molecule is CO[C@@H]1CO[C@H]2[C@@H]1OC[C@H]2Oc1nc(Nc2ccc(OCC34CCCN3CCC4)c(N)c2)ncc1Cl. The quantitative estimate of drug-likeness (QED) is 0.506. The number of nitrogens with zero attached hydrogens (tertiary/aromatic N) is 3. The first-order valence-electron chi connectivity index (χ1n) is 12.5. The second-order valence-electron chi connectivity index (χ2n) is 9.96. The highest BCUT2D eigenvalue weighted by Crippen LogP contribution is 2.40. The molecule has 1 aromatic carbocycles. The zero-order valence-corrected chi connectivity index (χ0v) is 21.1. The molecule has 36 heavy (non-hydrogen) atoms. The van der Waals surface area contributed by atoms with Crippen LogP contribution in [0.5, 0.6) is 11.6 Å². The van der Waals surface area contributed by atoms with Crippen molar-refractivity contribution in [2.24, 2.45) is 0 Å². The lowest BCUT2D eigenvalue weighted by atomic mass is 9.95. The molecule has 0 amide bonds. The van der Waals surface area contributed by atoms with Crippen LogP contribution in [0.2, 0.25) is 5.02 Å². The molecule has 0 spiro atoms. The third kappa shape index (κ3) is 4.45. The van der Waals surface area contributed by atoms with Gasteiger partial charge in [0, 0.05) is 12.8 Å². The monoisotopic (exact) mass is 517 g/mol. The number of ether oxygens (including phenoxy) is 5. The predicted molar refractivity (Wildman–Crippen MR) is 134 cm³/mol. The van der Waals surface area contributed by atoms with E-state index in [1.807, 2.05) is 18.2 Å². The Morgan fingerprint density at radius 2 is 1.92 bits per heavy atom. The van der Waals surface area contributed by atoms with Gasteiger partial charge in [-0.1, -0.05) is 11.6 Å². The minimum atomic E-state index is -0.336. The Labute approximate surface area is 215 Å². The molecular formula is C25H32ClN5O5. The smallest absolute Gasteiger partial charge is 0.237 e. The van der Waals surface area contributed by atoms with Crippen molar-refractivity contribution in [2.45, 2.75) is 55.6 Å². The highest BCUT2D eigenvalue weighted by atomic mass is 35.5. The summed E-state index contributed by atoms with van der Waals surface area (Å²) >= 11 is 6.32. The average Bonchev–Trinajstić information content (AvgIpc) is 3.63. The number of hydrogen-bond donors (Lipinski definition) is 2. The van der Waals surface area contributed by atoms with Gasteiger partial charge >= 0.3 is 0 Å². The van der Waals surface area contributed by atoms with Crippen LogP contribution in [0.4, 0.5) is 17.3 Å². The Bertz CT molecular complexity index is 1100. The number of nitrogen functional groups attached to an aromatic ring is 1. The van der Waals surface area contributed by atoms with Crippen LogP contribution in [0.25, 0.3) is 0 Å². The number of rotatable bonds is 8. The molecule has 4 aliphatic rings. The van der Waals surface area contributed by atoms with Crippen LogP contribution in [0.15, 0.2) is 24.4 Å². The Kier molecular flexibility index (Phi) is 6.55. The zero-order chi connectivity index (χ0) is 24.7. The summed E-state index contributed by atoms with van der Waals surface area (Å²) in [6.07, 6.45) is 5.54. The lowest BCUT2D eigenvalue weighted by Crippen LogP contribution is -2.43. The molecule has 3 N–H and O–H groups in total. The number of anilines is 3. The molecule has 5 heterocycles. The molecule has 4 atom stereocenters. The van der Waals surface area contributed by atoms with Gasteiger partial charge in [0.2, 0.25) is 11.8 Å². The lowest BCUT2D eigenvalue weighted by Gasteiger charge is -2.31. The fourth-order valence-corrected chi connectivity index (χ4v) is 6.07. The van der Waals surface area contributed by atoms with E-state index in [1.165, 1.54) is 45.0 Å². The zero-order valence-electron chi connectivity index (χ0n) is 20.3. The number of aromatic nitrogens is 2. The molecule has 0 radical (unpaired) electrons. The molecule has 11 heteroatoms. The molecule has 194 valence electrons. The molecule has 2 aromatic rings. The van der Waals surface area contributed by atoms with Gasteiger partial charge in [-0.25, -0.2) is 4.98 Å². The minimum Gasteiger partial charge on any atom is -0.489 e. The van der Waals surface area contributed by atoms with Crippen molar-refractivity contribution in [3.8, 4) is 11.6 Å². The Hall–Kier alpha value is -2.37. The summed E-state index contributed by atoms with van der Waals surface area (Å²) in [5.74, 6) is 1.29. The van der Waals surface area contributed by atoms with Gasteiger partial charge in [-0.3, -0.25) is 4.90 Å². The van der Waals surface area contributed by atoms with E-state index in [0.29, 0.717) is 42.2 Å². The van der Waals surface area contributed by atoms with Crippen LogP contribution in [0.1, 0.15) is 25.7 Å². The predicted octanol–water partition coefficient (Wildman–Crippen LogP) is 3.02. The molecule has 1 aromatic heterocycles. The van der Waals surface area contributed by atoms with E-state index in [9.17, 15) is 0 Å². The maximum Gasteiger partial charge on any atom is 0.237 e. The lowest BCUT2D eigenvalue weighted by molar-refractivity contribution is -0.0141. The number of halogens is 1. The summed E-state index contributed by atoms with van der Waals surface area (Å²) in [5, 5.41) is 3.48. The fraction of sp³-hybridized carbons (Fsp3) is 0.600. The number of benzene rings is 1. The van der Waals surface area contributed by atoms with Gasteiger partial charge in [-0.15, -0.1) is 0 Å². The Balaban J connectivity index is 1.10. The highest BCUT2D eigenvalue weighted by Gasteiger charge is 2.49. The van der Waals surface area contributed by atoms with Gasteiger partial charge in [0.25, 0.3) is 0 Å². The van der Waals surface area contributed by atoms with Gasteiger partial charge in [0.05, 0.1) is 30.6 Å². The number of fused-ring (bicyclic) bond motifs is 2. The van der Waals surface area contributed by atoms with E-state index < -0.39 is 0 Å². The molecule has 4 saturated heterocycles. The van der Waals surface area contributed by atoms with Crippen LogP contribution in [0, 0.1) is 0 Å². The molecule has 0 aliphatic carbocycles. The molecule has 0 saturated carbocycles. The van der Waals surface area contributed by atoms with Crippen molar-refractivity contribution < 1.29 is 23.7 Å². The maximum atomic E-state index is 6.33. The van der Waals surface area contributed by atoms with Crippen LogP contribution >= 0.6 is 11.6 Å². The number of hydrogen-bond acceptors (Lipinski definition) is 10. The Morgan fingerprint density at radius 1 is 1.17 bits per heavy atom. The van der Waals surface area contributed by atoms with Crippen LogP contribution in [-0.2, 0) is 14.2 Å². The van der Waals surface area contributed by atoms with Crippen molar-refractivity contribution in [2.75, 3.05) is 51.1 Å². The largest absolute Gasteiger partial charge is 0.489 e. The first kappa shape index (κ1) is 24.0. The van der Waals surface area contributed by atoms with Gasteiger partial charge in [-0.2, -0.15) is 4.98 Å². The second kappa shape index (κ2) is 9.83. The van der Waals surface area contributed by atoms with Crippen LogP contribution in [-0.4, -0.2) is 84.8 Å². The fourth-order valence-electron chi connectivity index (χ4n) is 5.93. The van der Waals surface area contributed by atoms with E-state index in [1.54, 1.807) is 7.11 Å². The molecule has 6 rings (SSSR count). The molecule has 0 unspecified atom stereocenters. The van der Waals surface area contributed by atoms with E-state index >= 15 is 0 Å². The van der Waals surface area contributed by atoms with Gasteiger partial charge in [0.15, 0.2) is 6.10 Å². The topological polar surface area (TPSA) is 113 Å². The average molecular weight is 518 g/mol. The van der Waals surface area contributed by atoms with Crippen molar-refractivity contribution in [1.82, 2.24) is 14.9 Å². The van der Waals surface area contributed by atoms with E-state index in [0.717, 1.165) is 5.69 Å². The number of methoxy groups -OCH3 is 1. The van der Waals surface area contributed by atoms with Crippen molar-refractivity contribution >= 4 is 28.9 Å². The van der Waals surface area contributed by atoms with Crippen molar-refractivity contribution in [3.05, 3.63) is 29.4 Å². The van der Waals surface area contributed by atoms with Gasteiger partial charge in [0.1, 0.15) is 35.7 Å². The molecular weight excluding hydrogens is 486 g/mol. The Morgan fingerprint density at radius 3 is 2.67 bits per heavy atom. The summed E-state index contributed by atoms with van der Waals surface area (Å²) in [7, 11) is 1.65. The van der Waals surface area contributed by atoms with Gasteiger partial charge in [-0.05, 0) is 57.0 Å². The number of nitrogens with two attached hydrogens (primary N) is 1. The minimum absolute atomic E-state index is 0.103. The summed E-state index contributed by atoms with van der Waals surface area (Å²) in [6, 6.07) is 5.60. The molecule has 10 nitrogen and oxygen atoms in total. The van der Waals surface area contributed by atoms with E-state index in [-0.39, 0.29) is 35.8 Å². The summed E-state index contributed by atoms with van der Waals surface area (Å²) in [6.45, 7) is 3.85. The molecule has 0 bridgehead atoms. The second-order valence-corrected chi connectivity index (χ2v) is 10.4. The normalized spacial score (nSPS) is 28.7. The number of nitrogens with one attached hydrogen (secondary N) is 1. The summed E-state index contributed by atoms with van der Waals surface area (Å²) in [5.41, 5.74) is 7.80. The molecule has 4 aliphatic heterocycles. The summed E-state index contributed by atoms with van der Waals surface area (Å²) in [4.78, 5) is 11.3. The third-order valence-corrected chi connectivity index (χ3v) is 8.07. The maximum absolute atomic E-state index is 6.33. The van der Waals surface area contributed by atoms with Gasteiger partial charge < -0.3 is 34.7 Å². The standard InChI is InChI=1S/C25H32ClN5O5/c1-32-19-12-33-22-20(13-34-21(19)22)36-23-16(26)11-28-24(30-23)29-15-4-5-18(17(27)10-15)35-14-25-6-2-8-31(25)9-3-7-25/h4-5,10-11,19-22H,2-3,6-9,12-14,27H2,1H3,(H,28,29,30)/t19-,20-,21-,22-/m1/s1. The van der Waals surface area contributed by atoms with E-state index in [4.69, 9.17) is 41.0 Å². The first-order chi connectivity index (χ1) is 17.5. The molecule has 4 fully saturated rings. The summed E-state index contributed by atoms with van der Waals surface area (Å²) < 4.78 is 29.3. The third-order valence-electron chi connectivity index (χ3n) is 7.81. The van der Waals surface area contributed by atoms with Crippen LogP contribution < -0.4 is 20.5 Å². The highest BCUT2D eigenvalue weighted by molar-refractivity contribution is 6.31. The van der Waals surface area contributed by atoms with Crippen molar-refractivity contribution in [1.29, 1.82) is 0 Å². The first-order valence-corrected chi connectivity index (χ1v) is 12.9. The van der Waals surface area contributed by atoms with Crippen LogP contribution in [0.3, 0.4) is 0 Å². The van der Waals surface area contributed by atoms with E-state index in [2.05, 4.69) is 20.2 Å².